The van der Waals surface area contributed by atoms with Gasteiger partial charge >= 0.3 is 6.01 Å². The lowest BCUT2D eigenvalue weighted by atomic mass is 10.5. The van der Waals surface area contributed by atoms with Crippen molar-refractivity contribution in [2.75, 3.05) is 13.7 Å². The summed E-state index contributed by atoms with van der Waals surface area (Å²) in [6, 6.07) is 0.386. The summed E-state index contributed by atoms with van der Waals surface area (Å²) in [5, 5.41) is 0. The maximum atomic E-state index is 5.40. The molecule has 1 aromatic rings. The van der Waals surface area contributed by atoms with E-state index in [1.165, 1.54) is 12.8 Å². The second kappa shape index (κ2) is 4.13. The van der Waals surface area contributed by atoms with Gasteiger partial charge in [-0.2, -0.15) is 4.98 Å². The van der Waals surface area contributed by atoms with E-state index in [-0.39, 0.29) is 0 Å². The van der Waals surface area contributed by atoms with Crippen LogP contribution in [0.1, 0.15) is 12.8 Å². The first-order valence-electron chi connectivity index (χ1n) is 4.49. The Hall–Kier alpha value is -0.840. The van der Waals surface area contributed by atoms with E-state index in [0.717, 1.165) is 4.47 Å². The highest BCUT2D eigenvalue weighted by Crippen LogP contribution is 2.29. The first-order chi connectivity index (χ1) is 6.79. The third kappa shape index (κ3) is 2.35. The summed E-state index contributed by atoms with van der Waals surface area (Å²) >= 11 is 3.28. The van der Waals surface area contributed by atoms with Gasteiger partial charge in [0.15, 0.2) is 0 Å². The normalized spacial score (nSPS) is 15.3. The van der Waals surface area contributed by atoms with Gasteiger partial charge in [-0.25, -0.2) is 4.98 Å². The Balaban J connectivity index is 2.01. The molecule has 0 bridgehead atoms. The van der Waals surface area contributed by atoms with E-state index in [1.54, 1.807) is 13.3 Å². The van der Waals surface area contributed by atoms with Crippen molar-refractivity contribution in [3.63, 3.8) is 0 Å². The first kappa shape index (κ1) is 9.71. The third-order valence-electron chi connectivity index (χ3n) is 2.03. The van der Waals surface area contributed by atoms with E-state index in [4.69, 9.17) is 9.47 Å². The van der Waals surface area contributed by atoms with Crippen LogP contribution >= 0.6 is 15.9 Å². The average Bonchev–Trinajstić information content (AvgIpc) is 3.00. The van der Waals surface area contributed by atoms with Crippen LogP contribution in [0.4, 0.5) is 0 Å². The van der Waals surface area contributed by atoms with Crippen molar-refractivity contribution in [2.24, 2.45) is 5.92 Å². The molecule has 4 nitrogen and oxygen atoms in total. The van der Waals surface area contributed by atoms with Crippen LogP contribution in [-0.2, 0) is 0 Å². The van der Waals surface area contributed by atoms with Crippen molar-refractivity contribution in [3.8, 4) is 11.9 Å². The SMILES string of the molecule is COc1nc(OCC2CC2)ncc1Br. The van der Waals surface area contributed by atoms with Gasteiger partial charge in [0.1, 0.15) is 0 Å². The summed E-state index contributed by atoms with van der Waals surface area (Å²) in [6.07, 6.45) is 4.15. The van der Waals surface area contributed by atoms with Crippen molar-refractivity contribution in [2.45, 2.75) is 12.8 Å². The second-order valence-corrected chi connectivity index (χ2v) is 4.12. The van der Waals surface area contributed by atoms with Crippen molar-refractivity contribution in [1.29, 1.82) is 0 Å². The zero-order chi connectivity index (χ0) is 9.97. The largest absolute Gasteiger partial charge is 0.480 e. The zero-order valence-electron chi connectivity index (χ0n) is 7.86. The molecular formula is C9H11BrN2O2. The van der Waals surface area contributed by atoms with Crippen molar-refractivity contribution >= 4 is 15.9 Å². The number of methoxy groups -OCH3 is 1. The van der Waals surface area contributed by atoms with Crippen molar-refractivity contribution < 1.29 is 9.47 Å². The molecule has 0 radical (unpaired) electrons. The second-order valence-electron chi connectivity index (χ2n) is 3.26. The quantitative estimate of drug-likeness (QED) is 0.829. The van der Waals surface area contributed by atoms with Gasteiger partial charge in [-0.1, -0.05) is 0 Å². The molecule has 0 amide bonds. The lowest BCUT2D eigenvalue weighted by Gasteiger charge is -2.05. The molecule has 0 spiro atoms. The standard InChI is InChI=1S/C9H11BrN2O2/c1-13-8-7(10)4-11-9(12-8)14-5-6-2-3-6/h4,6H,2-3,5H2,1H3. The number of ether oxygens (including phenoxy) is 2. The van der Waals surface area contributed by atoms with Crippen LogP contribution in [0.5, 0.6) is 11.9 Å². The van der Waals surface area contributed by atoms with E-state index in [9.17, 15) is 0 Å². The third-order valence-corrected chi connectivity index (χ3v) is 2.57. The molecule has 0 N–H and O–H groups in total. The summed E-state index contributed by atoms with van der Waals surface area (Å²) in [5.41, 5.74) is 0. The van der Waals surface area contributed by atoms with Gasteiger partial charge in [-0.3, -0.25) is 0 Å². The maximum Gasteiger partial charge on any atom is 0.319 e. The van der Waals surface area contributed by atoms with Crippen LogP contribution in [0, 0.1) is 5.92 Å². The Morgan fingerprint density at radius 1 is 1.57 bits per heavy atom. The predicted octanol–water partition coefficient (Wildman–Crippen LogP) is 2.04. The number of hydrogen-bond donors (Lipinski definition) is 0. The predicted molar refractivity (Wildman–Crippen MR) is 54.5 cm³/mol. The Morgan fingerprint density at radius 3 is 3.00 bits per heavy atom. The van der Waals surface area contributed by atoms with Crippen LogP contribution in [0.15, 0.2) is 10.7 Å². The molecule has 1 aliphatic rings. The fourth-order valence-corrected chi connectivity index (χ4v) is 1.38. The molecule has 1 saturated carbocycles. The minimum atomic E-state index is 0.386. The molecule has 0 unspecified atom stereocenters. The summed E-state index contributed by atoms with van der Waals surface area (Å²) in [5.74, 6) is 1.21. The Morgan fingerprint density at radius 2 is 2.36 bits per heavy atom. The van der Waals surface area contributed by atoms with Crippen LogP contribution < -0.4 is 9.47 Å². The van der Waals surface area contributed by atoms with Gasteiger partial charge in [-0.05, 0) is 34.7 Å². The van der Waals surface area contributed by atoms with E-state index < -0.39 is 0 Å². The molecule has 1 aliphatic carbocycles. The van der Waals surface area contributed by atoms with Crippen LogP contribution in [0.3, 0.4) is 0 Å². The molecule has 76 valence electrons. The van der Waals surface area contributed by atoms with Gasteiger partial charge in [0.05, 0.1) is 24.4 Å². The molecule has 0 aliphatic heterocycles. The fraction of sp³-hybridized carbons (Fsp3) is 0.556. The maximum absolute atomic E-state index is 5.40. The average molecular weight is 259 g/mol. The summed E-state index contributed by atoms with van der Waals surface area (Å²) in [4.78, 5) is 8.11. The lowest BCUT2D eigenvalue weighted by molar-refractivity contribution is 0.269. The smallest absolute Gasteiger partial charge is 0.319 e. The van der Waals surface area contributed by atoms with E-state index >= 15 is 0 Å². The monoisotopic (exact) mass is 258 g/mol. The Bertz CT molecular complexity index is 329. The van der Waals surface area contributed by atoms with Gasteiger partial charge in [-0.15, -0.1) is 0 Å². The van der Waals surface area contributed by atoms with Crippen LogP contribution in [0.25, 0.3) is 0 Å². The van der Waals surface area contributed by atoms with E-state index in [1.807, 2.05) is 0 Å². The van der Waals surface area contributed by atoms with E-state index in [0.29, 0.717) is 24.4 Å². The summed E-state index contributed by atoms with van der Waals surface area (Å²) in [6.45, 7) is 0.713. The highest BCUT2D eigenvalue weighted by molar-refractivity contribution is 9.10. The molecule has 2 rings (SSSR count). The highest BCUT2D eigenvalue weighted by atomic mass is 79.9. The molecule has 14 heavy (non-hydrogen) atoms. The Labute approximate surface area is 90.8 Å². The molecule has 5 heteroatoms. The van der Waals surface area contributed by atoms with Crippen molar-refractivity contribution in [3.05, 3.63) is 10.7 Å². The van der Waals surface area contributed by atoms with Crippen LogP contribution in [-0.4, -0.2) is 23.7 Å². The summed E-state index contributed by atoms with van der Waals surface area (Å²) in [7, 11) is 1.57. The van der Waals surface area contributed by atoms with Gasteiger partial charge in [0.2, 0.25) is 5.88 Å². The van der Waals surface area contributed by atoms with Gasteiger partial charge in [0, 0.05) is 0 Å². The van der Waals surface area contributed by atoms with Crippen molar-refractivity contribution in [1.82, 2.24) is 9.97 Å². The lowest BCUT2D eigenvalue weighted by Crippen LogP contribution is -2.03. The number of aromatic nitrogens is 2. The molecule has 0 aromatic carbocycles. The topological polar surface area (TPSA) is 44.2 Å². The first-order valence-corrected chi connectivity index (χ1v) is 5.28. The molecular weight excluding hydrogens is 248 g/mol. The number of rotatable bonds is 4. The molecule has 0 saturated heterocycles. The van der Waals surface area contributed by atoms with Gasteiger partial charge < -0.3 is 9.47 Å². The number of nitrogens with zero attached hydrogens (tertiary/aromatic N) is 2. The highest BCUT2D eigenvalue weighted by Gasteiger charge is 2.22. The minimum absolute atomic E-state index is 0.386. The number of hydrogen-bond acceptors (Lipinski definition) is 4. The molecule has 0 atom stereocenters. The zero-order valence-corrected chi connectivity index (χ0v) is 9.45. The molecule has 1 fully saturated rings. The van der Waals surface area contributed by atoms with Crippen LogP contribution in [0.2, 0.25) is 0 Å². The number of halogens is 1. The molecule has 1 heterocycles. The summed E-state index contributed by atoms with van der Waals surface area (Å²) < 4.78 is 11.2. The Kier molecular flexibility index (Phi) is 2.86. The molecule has 1 aromatic heterocycles. The fourth-order valence-electron chi connectivity index (χ4n) is 1.03. The van der Waals surface area contributed by atoms with E-state index in [2.05, 4.69) is 25.9 Å². The van der Waals surface area contributed by atoms with Gasteiger partial charge in [0.25, 0.3) is 0 Å². The minimum Gasteiger partial charge on any atom is -0.480 e.